The molecule has 1 aliphatic rings. The number of carbonyl (C=O) groups is 3. The Hall–Kier alpha value is -4.77. The SMILES string of the molecule is COC1=C(OC(=O)c2ccccc2)[C@@H](C(=O)O)O[C@H]1n1ccc(=O)n(C(=O)c2ccccc2)c1=O. The molecule has 11 heteroatoms. The molecule has 0 aliphatic carbocycles. The summed E-state index contributed by atoms with van der Waals surface area (Å²) >= 11 is 0. The molecular weight excluding hydrogens is 460 g/mol. The molecule has 2 aromatic carbocycles. The standard InChI is InChI=1S/C24H18N2O9/c1-33-18-17(35-23(31)15-10-6-3-7-11-15)19(22(29)30)34-21(18)25-13-12-16(27)26(24(25)32)20(28)14-8-4-2-5-9-14/h2-13,19,21H,1H3,(H,29,30)/t19-,21+/m0/s1. The van der Waals surface area contributed by atoms with Gasteiger partial charge in [0.15, 0.2) is 11.5 Å². The molecule has 0 saturated heterocycles. The van der Waals surface area contributed by atoms with Gasteiger partial charge in [-0.15, -0.1) is 0 Å². The minimum absolute atomic E-state index is 0.0835. The highest BCUT2D eigenvalue weighted by atomic mass is 16.6. The van der Waals surface area contributed by atoms with Crippen molar-refractivity contribution in [3.8, 4) is 0 Å². The maximum atomic E-state index is 13.2. The van der Waals surface area contributed by atoms with E-state index in [9.17, 15) is 29.1 Å². The lowest BCUT2D eigenvalue weighted by atomic mass is 10.2. The number of benzene rings is 2. The third-order valence-electron chi connectivity index (χ3n) is 5.11. The average Bonchev–Trinajstić information content (AvgIpc) is 3.23. The number of carboxylic acids is 1. The summed E-state index contributed by atoms with van der Waals surface area (Å²) in [4.78, 5) is 62.8. The average molecular weight is 478 g/mol. The Morgan fingerprint density at radius 2 is 1.49 bits per heavy atom. The summed E-state index contributed by atoms with van der Waals surface area (Å²) in [6, 6.07) is 16.4. The Kier molecular flexibility index (Phi) is 6.42. The molecule has 178 valence electrons. The van der Waals surface area contributed by atoms with E-state index in [4.69, 9.17) is 14.2 Å². The molecular formula is C24H18N2O9. The van der Waals surface area contributed by atoms with Crippen molar-refractivity contribution in [1.29, 1.82) is 0 Å². The molecule has 0 amide bonds. The number of carboxylic acid groups (broad SMARTS) is 1. The number of methoxy groups -OCH3 is 1. The van der Waals surface area contributed by atoms with E-state index >= 15 is 0 Å². The fourth-order valence-corrected chi connectivity index (χ4v) is 3.47. The lowest BCUT2D eigenvalue weighted by Crippen LogP contribution is -2.44. The first-order chi connectivity index (χ1) is 16.8. The number of aliphatic carboxylic acids is 1. The van der Waals surface area contributed by atoms with Crippen LogP contribution in [0, 0.1) is 0 Å². The van der Waals surface area contributed by atoms with Crippen molar-refractivity contribution in [1.82, 2.24) is 9.13 Å². The first kappa shape index (κ1) is 23.4. The van der Waals surface area contributed by atoms with Crippen molar-refractivity contribution in [2.24, 2.45) is 0 Å². The number of esters is 1. The number of ether oxygens (including phenoxy) is 3. The van der Waals surface area contributed by atoms with Gasteiger partial charge in [-0.05, 0) is 24.3 Å². The molecule has 0 radical (unpaired) electrons. The molecule has 2 atom stereocenters. The molecule has 4 rings (SSSR count). The van der Waals surface area contributed by atoms with Crippen molar-refractivity contribution < 1.29 is 33.7 Å². The van der Waals surface area contributed by atoms with Crippen LogP contribution in [0.4, 0.5) is 0 Å². The van der Waals surface area contributed by atoms with Crippen molar-refractivity contribution in [2.75, 3.05) is 7.11 Å². The lowest BCUT2D eigenvalue weighted by molar-refractivity contribution is -0.152. The molecule has 11 nitrogen and oxygen atoms in total. The zero-order chi connectivity index (χ0) is 25.1. The summed E-state index contributed by atoms with van der Waals surface area (Å²) in [5, 5.41) is 9.65. The second-order valence-corrected chi connectivity index (χ2v) is 7.25. The van der Waals surface area contributed by atoms with Gasteiger partial charge in [-0.25, -0.2) is 14.4 Å². The van der Waals surface area contributed by atoms with Crippen molar-refractivity contribution in [3.63, 3.8) is 0 Å². The monoisotopic (exact) mass is 478 g/mol. The minimum Gasteiger partial charge on any atom is -0.493 e. The summed E-state index contributed by atoms with van der Waals surface area (Å²) in [6.45, 7) is 0. The van der Waals surface area contributed by atoms with Gasteiger partial charge < -0.3 is 19.3 Å². The summed E-state index contributed by atoms with van der Waals surface area (Å²) in [7, 11) is 1.17. The second kappa shape index (κ2) is 9.61. The summed E-state index contributed by atoms with van der Waals surface area (Å²) in [5.41, 5.74) is -1.78. The lowest BCUT2D eigenvalue weighted by Gasteiger charge is -2.17. The molecule has 0 bridgehead atoms. The van der Waals surface area contributed by atoms with Crippen LogP contribution in [0.3, 0.4) is 0 Å². The molecule has 0 unspecified atom stereocenters. The van der Waals surface area contributed by atoms with Crippen LogP contribution in [0.1, 0.15) is 26.9 Å². The highest BCUT2D eigenvalue weighted by Crippen LogP contribution is 2.35. The summed E-state index contributed by atoms with van der Waals surface area (Å²) in [5.74, 6) is -4.04. The maximum absolute atomic E-state index is 13.2. The Morgan fingerprint density at radius 3 is 2.06 bits per heavy atom. The number of aromatic nitrogens is 2. The molecule has 1 N–H and O–H groups in total. The molecule has 3 aromatic rings. The van der Waals surface area contributed by atoms with Gasteiger partial charge in [-0.3, -0.25) is 14.2 Å². The van der Waals surface area contributed by atoms with E-state index in [0.29, 0.717) is 4.57 Å². The quantitative estimate of drug-likeness (QED) is 0.520. The molecule has 35 heavy (non-hydrogen) atoms. The highest BCUT2D eigenvalue weighted by molar-refractivity contribution is 5.95. The number of carbonyl (C=O) groups excluding carboxylic acids is 2. The van der Waals surface area contributed by atoms with Gasteiger partial charge in [0, 0.05) is 17.8 Å². The van der Waals surface area contributed by atoms with Gasteiger partial charge >= 0.3 is 17.6 Å². The molecule has 0 spiro atoms. The highest BCUT2D eigenvalue weighted by Gasteiger charge is 2.45. The molecule has 2 heterocycles. The smallest absolute Gasteiger partial charge is 0.343 e. The molecule has 0 fully saturated rings. The van der Waals surface area contributed by atoms with Gasteiger partial charge in [-0.1, -0.05) is 36.4 Å². The fourth-order valence-electron chi connectivity index (χ4n) is 3.47. The van der Waals surface area contributed by atoms with Gasteiger partial charge in [0.2, 0.25) is 12.3 Å². The van der Waals surface area contributed by atoms with Crippen molar-refractivity contribution >= 4 is 17.8 Å². The molecule has 1 aromatic heterocycles. The predicted octanol–water partition coefficient (Wildman–Crippen LogP) is 1.40. The van der Waals surface area contributed by atoms with Crippen LogP contribution in [-0.4, -0.2) is 45.3 Å². The number of hydrogen-bond donors (Lipinski definition) is 1. The third kappa shape index (κ3) is 4.39. The minimum atomic E-state index is -1.81. The van der Waals surface area contributed by atoms with E-state index in [-0.39, 0.29) is 16.9 Å². The first-order valence-corrected chi connectivity index (χ1v) is 10.2. The van der Waals surface area contributed by atoms with Crippen LogP contribution in [-0.2, 0) is 19.0 Å². The maximum Gasteiger partial charge on any atom is 0.343 e. The topological polar surface area (TPSA) is 143 Å². The normalized spacial score (nSPS) is 17.2. The number of rotatable bonds is 6. The van der Waals surface area contributed by atoms with Crippen LogP contribution in [0.2, 0.25) is 0 Å². The molecule has 1 aliphatic heterocycles. The summed E-state index contributed by atoms with van der Waals surface area (Å²) in [6.07, 6.45) is -2.31. The Morgan fingerprint density at radius 1 is 0.886 bits per heavy atom. The van der Waals surface area contributed by atoms with Crippen molar-refractivity contribution in [2.45, 2.75) is 12.3 Å². The van der Waals surface area contributed by atoms with E-state index in [0.717, 1.165) is 16.8 Å². The van der Waals surface area contributed by atoms with E-state index in [1.54, 1.807) is 36.4 Å². The molecule has 0 saturated carbocycles. The van der Waals surface area contributed by atoms with Crippen LogP contribution < -0.4 is 11.2 Å². The van der Waals surface area contributed by atoms with E-state index in [1.165, 1.54) is 31.4 Å². The summed E-state index contributed by atoms with van der Waals surface area (Å²) < 4.78 is 17.2. The van der Waals surface area contributed by atoms with Crippen LogP contribution in [0.15, 0.2) is 94.0 Å². The van der Waals surface area contributed by atoms with Gasteiger partial charge in [0.05, 0.1) is 12.7 Å². The van der Waals surface area contributed by atoms with Gasteiger partial charge in [-0.2, -0.15) is 4.57 Å². The Bertz CT molecular complexity index is 1440. The first-order valence-electron chi connectivity index (χ1n) is 10.2. The zero-order valence-electron chi connectivity index (χ0n) is 18.2. The number of hydrogen-bond acceptors (Lipinski definition) is 8. The zero-order valence-corrected chi connectivity index (χ0v) is 18.2. The van der Waals surface area contributed by atoms with Gasteiger partial charge in [0.1, 0.15) is 0 Å². The second-order valence-electron chi connectivity index (χ2n) is 7.25. The van der Waals surface area contributed by atoms with Crippen LogP contribution >= 0.6 is 0 Å². The van der Waals surface area contributed by atoms with E-state index < -0.39 is 47.2 Å². The number of nitrogens with zero attached hydrogens (tertiary/aromatic N) is 2. The van der Waals surface area contributed by atoms with Crippen LogP contribution in [0.25, 0.3) is 0 Å². The Balaban J connectivity index is 1.79. The van der Waals surface area contributed by atoms with E-state index in [1.807, 2.05) is 0 Å². The fraction of sp³-hybridized carbons (Fsp3) is 0.125. The van der Waals surface area contributed by atoms with Gasteiger partial charge in [0.25, 0.3) is 11.5 Å². The third-order valence-corrected chi connectivity index (χ3v) is 5.11. The largest absolute Gasteiger partial charge is 0.493 e. The van der Waals surface area contributed by atoms with Crippen molar-refractivity contribution in [3.05, 3.63) is 116 Å². The predicted molar refractivity (Wildman–Crippen MR) is 119 cm³/mol. The Labute approximate surface area is 197 Å². The van der Waals surface area contributed by atoms with Crippen LogP contribution in [0.5, 0.6) is 0 Å². The van der Waals surface area contributed by atoms with E-state index in [2.05, 4.69) is 0 Å².